The van der Waals surface area contributed by atoms with Crippen molar-refractivity contribution in [2.75, 3.05) is 11.9 Å². The molecule has 0 aliphatic heterocycles. The molecule has 0 bridgehead atoms. The Kier molecular flexibility index (Phi) is 6.17. The Morgan fingerprint density at radius 1 is 1.41 bits per heavy atom. The molecule has 17 heavy (non-hydrogen) atoms. The molecule has 3 N–H and O–H groups in total. The summed E-state index contributed by atoms with van der Waals surface area (Å²) in [5.41, 5.74) is 6.16. The van der Waals surface area contributed by atoms with Gasteiger partial charge in [0.2, 0.25) is 5.91 Å². The first-order chi connectivity index (χ1) is 8.26. The van der Waals surface area contributed by atoms with Gasteiger partial charge in [0.1, 0.15) is 6.33 Å². The van der Waals surface area contributed by atoms with Gasteiger partial charge < -0.3 is 11.1 Å². The van der Waals surface area contributed by atoms with E-state index in [2.05, 4.69) is 22.2 Å². The number of rotatable bonds is 7. The lowest BCUT2D eigenvalue weighted by Gasteiger charge is -2.12. The molecule has 5 nitrogen and oxygen atoms in total. The molecule has 94 valence electrons. The molecule has 0 aliphatic rings. The maximum absolute atomic E-state index is 11.6. The van der Waals surface area contributed by atoms with Crippen LogP contribution in [0.25, 0.3) is 0 Å². The highest BCUT2D eigenvalue weighted by Crippen LogP contribution is 2.15. The van der Waals surface area contributed by atoms with Crippen molar-refractivity contribution in [3.8, 4) is 0 Å². The monoisotopic (exact) mass is 236 g/mol. The number of aromatic nitrogens is 2. The van der Waals surface area contributed by atoms with Crippen LogP contribution in [0.5, 0.6) is 0 Å². The number of carbonyl (C=O) groups excluding carboxylic acids is 1. The third-order valence-corrected chi connectivity index (χ3v) is 2.78. The fraction of sp³-hybridized carbons (Fsp3) is 0.583. The van der Waals surface area contributed by atoms with Crippen LogP contribution in [0.3, 0.4) is 0 Å². The SMILES string of the molecule is CCC(CCN)CCC(=O)Nc1cncnc1. The summed E-state index contributed by atoms with van der Waals surface area (Å²) in [7, 11) is 0. The van der Waals surface area contributed by atoms with E-state index in [1.54, 1.807) is 12.4 Å². The van der Waals surface area contributed by atoms with Gasteiger partial charge in [-0.3, -0.25) is 4.79 Å². The van der Waals surface area contributed by atoms with Gasteiger partial charge in [0.05, 0.1) is 18.1 Å². The van der Waals surface area contributed by atoms with Crippen LogP contribution in [0.1, 0.15) is 32.6 Å². The smallest absolute Gasteiger partial charge is 0.224 e. The molecule has 0 saturated carbocycles. The summed E-state index contributed by atoms with van der Waals surface area (Å²) in [6.45, 7) is 2.82. The molecule has 1 aromatic heterocycles. The molecule has 1 unspecified atom stereocenters. The fourth-order valence-corrected chi connectivity index (χ4v) is 1.71. The highest BCUT2D eigenvalue weighted by atomic mass is 16.1. The average molecular weight is 236 g/mol. The van der Waals surface area contributed by atoms with Crippen LogP contribution >= 0.6 is 0 Å². The molecule has 0 aliphatic carbocycles. The van der Waals surface area contributed by atoms with E-state index in [1.165, 1.54) is 6.33 Å². The summed E-state index contributed by atoms with van der Waals surface area (Å²) in [5, 5.41) is 2.77. The van der Waals surface area contributed by atoms with Crippen molar-refractivity contribution in [2.45, 2.75) is 32.6 Å². The van der Waals surface area contributed by atoms with Crippen molar-refractivity contribution < 1.29 is 4.79 Å². The van der Waals surface area contributed by atoms with E-state index >= 15 is 0 Å². The largest absolute Gasteiger partial charge is 0.330 e. The minimum absolute atomic E-state index is 0.00951. The fourth-order valence-electron chi connectivity index (χ4n) is 1.71. The van der Waals surface area contributed by atoms with Gasteiger partial charge in [0.25, 0.3) is 0 Å². The summed E-state index contributed by atoms with van der Waals surface area (Å²) in [6, 6.07) is 0. The third-order valence-electron chi connectivity index (χ3n) is 2.78. The van der Waals surface area contributed by atoms with Crippen molar-refractivity contribution >= 4 is 11.6 Å². The van der Waals surface area contributed by atoms with E-state index in [1.807, 2.05) is 0 Å². The molecule has 0 spiro atoms. The first-order valence-corrected chi connectivity index (χ1v) is 6.01. The molecule has 0 saturated heterocycles. The summed E-state index contributed by atoms with van der Waals surface area (Å²) >= 11 is 0. The number of nitrogens with two attached hydrogens (primary N) is 1. The molecule has 0 aromatic carbocycles. The number of anilines is 1. The zero-order valence-corrected chi connectivity index (χ0v) is 10.2. The normalized spacial score (nSPS) is 12.1. The van der Waals surface area contributed by atoms with Crippen LogP contribution < -0.4 is 11.1 Å². The number of carbonyl (C=O) groups is 1. The van der Waals surface area contributed by atoms with E-state index in [-0.39, 0.29) is 5.91 Å². The van der Waals surface area contributed by atoms with Crippen molar-refractivity contribution in [1.82, 2.24) is 9.97 Å². The van der Waals surface area contributed by atoms with Crippen LogP contribution in [-0.2, 0) is 4.79 Å². The Hall–Kier alpha value is -1.49. The summed E-state index contributed by atoms with van der Waals surface area (Å²) in [5.74, 6) is 0.549. The Morgan fingerprint density at radius 3 is 2.71 bits per heavy atom. The third kappa shape index (κ3) is 5.40. The van der Waals surface area contributed by atoms with Gasteiger partial charge in [-0.15, -0.1) is 0 Å². The Balaban J connectivity index is 2.30. The van der Waals surface area contributed by atoms with Crippen molar-refractivity contribution in [3.05, 3.63) is 18.7 Å². The second-order valence-corrected chi connectivity index (χ2v) is 4.07. The zero-order chi connectivity index (χ0) is 12.5. The standard InChI is InChI=1S/C12H20N4O/c1-2-10(5-6-13)3-4-12(17)16-11-7-14-9-15-8-11/h7-10H,2-6,13H2,1H3,(H,16,17). The summed E-state index contributed by atoms with van der Waals surface area (Å²) < 4.78 is 0. The molecular weight excluding hydrogens is 216 g/mol. The number of nitrogens with one attached hydrogen (secondary N) is 1. The van der Waals surface area contributed by atoms with E-state index in [9.17, 15) is 4.79 Å². The van der Waals surface area contributed by atoms with Gasteiger partial charge in [-0.05, 0) is 25.3 Å². The topological polar surface area (TPSA) is 80.9 Å². The number of nitrogens with zero attached hydrogens (tertiary/aromatic N) is 2. The Labute approximate surface area is 102 Å². The maximum Gasteiger partial charge on any atom is 0.224 e. The first kappa shape index (κ1) is 13.6. The van der Waals surface area contributed by atoms with Crippen LogP contribution in [0.2, 0.25) is 0 Å². The van der Waals surface area contributed by atoms with Crippen LogP contribution in [0.15, 0.2) is 18.7 Å². The molecule has 1 atom stereocenters. The minimum atomic E-state index is 0.00951. The van der Waals surface area contributed by atoms with Crippen LogP contribution in [0.4, 0.5) is 5.69 Å². The number of hydrogen-bond donors (Lipinski definition) is 2. The average Bonchev–Trinajstić information content (AvgIpc) is 2.35. The molecular formula is C12H20N4O. The molecule has 1 rings (SSSR count). The summed E-state index contributed by atoms with van der Waals surface area (Å²) in [6.07, 6.45) is 8.06. The maximum atomic E-state index is 11.6. The zero-order valence-electron chi connectivity index (χ0n) is 10.2. The van der Waals surface area contributed by atoms with Gasteiger partial charge in [-0.2, -0.15) is 0 Å². The Bertz CT molecular complexity index is 329. The van der Waals surface area contributed by atoms with Gasteiger partial charge in [0.15, 0.2) is 0 Å². The van der Waals surface area contributed by atoms with Gasteiger partial charge in [0, 0.05) is 6.42 Å². The van der Waals surface area contributed by atoms with Crippen molar-refractivity contribution in [1.29, 1.82) is 0 Å². The van der Waals surface area contributed by atoms with Gasteiger partial charge in [-0.25, -0.2) is 9.97 Å². The van der Waals surface area contributed by atoms with E-state index in [4.69, 9.17) is 5.73 Å². The van der Waals surface area contributed by atoms with Crippen molar-refractivity contribution in [2.24, 2.45) is 11.7 Å². The minimum Gasteiger partial charge on any atom is -0.330 e. The molecule has 1 amide bonds. The quantitative estimate of drug-likeness (QED) is 0.753. The molecule has 1 aromatic rings. The second kappa shape index (κ2) is 7.73. The predicted molar refractivity (Wildman–Crippen MR) is 67.3 cm³/mol. The lowest BCUT2D eigenvalue weighted by molar-refractivity contribution is -0.116. The lowest BCUT2D eigenvalue weighted by atomic mass is 9.96. The van der Waals surface area contributed by atoms with E-state index < -0.39 is 0 Å². The summed E-state index contributed by atoms with van der Waals surface area (Å²) in [4.78, 5) is 19.3. The highest BCUT2D eigenvalue weighted by molar-refractivity contribution is 5.90. The Morgan fingerprint density at radius 2 is 2.12 bits per heavy atom. The highest BCUT2D eigenvalue weighted by Gasteiger charge is 2.09. The van der Waals surface area contributed by atoms with Crippen LogP contribution in [-0.4, -0.2) is 22.4 Å². The molecule has 5 heteroatoms. The van der Waals surface area contributed by atoms with Crippen molar-refractivity contribution in [3.63, 3.8) is 0 Å². The predicted octanol–water partition coefficient (Wildman–Crippen LogP) is 1.57. The van der Waals surface area contributed by atoms with Crippen LogP contribution in [0, 0.1) is 5.92 Å². The molecule has 1 heterocycles. The first-order valence-electron chi connectivity index (χ1n) is 6.01. The number of hydrogen-bond acceptors (Lipinski definition) is 4. The number of amides is 1. The van der Waals surface area contributed by atoms with Gasteiger partial charge >= 0.3 is 0 Å². The second-order valence-electron chi connectivity index (χ2n) is 4.07. The van der Waals surface area contributed by atoms with E-state index in [0.29, 0.717) is 24.6 Å². The molecule has 0 fully saturated rings. The molecule has 0 radical (unpaired) electrons. The lowest BCUT2D eigenvalue weighted by Crippen LogP contribution is -2.15. The van der Waals surface area contributed by atoms with E-state index in [0.717, 1.165) is 19.3 Å². The van der Waals surface area contributed by atoms with Gasteiger partial charge in [-0.1, -0.05) is 13.3 Å².